The monoisotopic (exact) mass is 586 g/mol. The van der Waals surface area contributed by atoms with E-state index in [-0.39, 0.29) is 22.5 Å². The molecule has 2 heterocycles. The van der Waals surface area contributed by atoms with Crippen molar-refractivity contribution in [2.24, 2.45) is 5.73 Å². The molecular weight excluding hydrogens is 561 g/mol. The topological polar surface area (TPSA) is 163 Å². The van der Waals surface area contributed by atoms with Gasteiger partial charge in [0.1, 0.15) is 17.5 Å². The molecule has 0 spiro atoms. The number of carbonyl (C=O) groups is 2. The van der Waals surface area contributed by atoms with E-state index >= 15 is 0 Å². The molecule has 1 aliphatic rings. The van der Waals surface area contributed by atoms with Gasteiger partial charge in [-0.25, -0.2) is 13.2 Å². The zero-order chi connectivity index (χ0) is 29.0. The molecule has 5 N–H and O–H groups in total. The highest BCUT2D eigenvalue weighted by Crippen LogP contribution is 2.25. The molecule has 0 aliphatic carbocycles. The molecule has 39 heavy (non-hydrogen) atoms. The van der Waals surface area contributed by atoms with Crippen LogP contribution >= 0.6 is 11.3 Å². The van der Waals surface area contributed by atoms with Gasteiger partial charge < -0.3 is 20.5 Å². The van der Waals surface area contributed by atoms with Gasteiger partial charge in [0, 0.05) is 13.1 Å². The molecule has 1 aliphatic heterocycles. The number of nitrogens with two attached hydrogens (primary N) is 1. The lowest BCUT2D eigenvalue weighted by Gasteiger charge is -2.16. The van der Waals surface area contributed by atoms with Crippen molar-refractivity contribution < 1.29 is 41.0 Å². The summed E-state index contributed by atoms with van der Waals surface area (Å²) in [5.41, 5.74) is 6.41. The minimum absolute atomic E-state index is 0.00545. The number of ether oxygens (including phenoxy) is 1. The molecule has 0 bridgehead atoms. The first-order valence-electron chi connectivity index (χ1n) is 11.3. The zero-order valence-corrected chi connectivity index (χ0v) is 22.1. The van der Waals surface area contributed by atoms with Crippen molar-refractivity contribution in [3.05, 3.63) is 58.3 Å². The maximum absolute atomic E-state index is 12.9. The maximum Gasteiger partial charge on any atom is 0.490 e. The molecule has 0 radical (unpaired) electrons. The summed E-state index contributed by atoms with van der Waals surface area (Å²) in [6, 6.07) is 11.7. The Bertz CT molecular complexity index is 1490. The molecule has 1 amide bonds. The van der Waals surface area contributed by atoms with Crippen LogP contribution < -0.4 is 15.8 Å². The number of fused-ring (bicyclic) bond motifs is 1. The highest BCUT2D eigenvalue weighted by molar-refractivity contribution is 7.91. The number of halogens is 3. The van der Waals surface area contributed by atoms with Gasteiger partial charge in [0.05, 0.1) is 22.9 Å². The first-order chi connectivity index (χ1) is 18.2. The smallest absolute Gasteiger partial charge is 0.490 e. The molecule has 1 atom stereocenters. The third-order valence-corrected chi connectivity index (χ3v) is 8.26. The Morgan fingerprint density at radius 1 is 1.23 bits per heavy atom. The number of carbonyl (C=O) groups excluding carboxylic acids is 1. The third-order valence-electron chi connectivity index (χ3n) is 5.73. The second-order valence-corrected chi connectivity index (χ2v) is 11.4. The summed E-state index contributed by atoms with van der Waals surface area (Å²) in [5, 5.41) is 21.1. The Labute approximate surface area is 225 Å². The lowest BCUT2D eigenvalue weighted by atomic mass is 10.1. The Hall–Kier alpha value is -3.69. The fourth-order valence-corrected chi connectivity index (χ4v) is 5.66. The van der Waals surface area contributed by atoms with Crippen LogP contribution in [0.3, 0.4) is 0 Å². The van der Waals surface area contributed by atoms with E-state index in [0.29, 0.717) is 30.1 Å². The quantitative estimate of drug-likeness (QED) is 0.231. The number of nitrogen functional groups attached to an aromatic ring is 1. The summed E-state index contributed by atoms with van der Waals surface area (Å²) in [6.07, 6.45) is -4.55. The Kier molecular flexibility index (Phi) is 9.19. The number of sulfone groups is 1. The van der Waals surface area contributed by atoms with E-state index in [4.69, 9.17) is 25.8 Å². The number of methoxy groups -OCH3 is 1. The molecule has 4 rings (SSSR count). The summed E-state index contributed by atoms with van der Waals surface area (Å²) in [7, 11) is -2.06. The number of amides is 1. The summed E-state index contributed by atoms with van der Waals surface area (Å²) < 4.78 is 62.7. The van der Waals surface area contributed by atoms with E-state index in [9.17, 15) is 26.4 Å². The fraction of sp³-hybridized carbons (Fsp3) is 0.292. The van der Waals surface area contributed by atoms with Gasteiger partial charge >= 0.3 is 12.1 Å². The summed E-state index contributed by atoms with van der Waals surface area (Å²) >= 11 is 1.37. The van der Waals surface area contributed by atoms with E-state index in [1.807, 2.05) is 17.5 Å². The number of alkyl halides is 3. The van der Waals surface area contributed by atoms with Crippen LogP contribution in [-0.2, 0) is 26.0 Å². The number of aliphatic carboxylic acids is 1. The van der Waals surface area contributed by atoms with Gasteiger partial charge in [0.2, 0.25) is 5.91 Å². The highest BCUT2D eigenvalue weighted by Gasteiger charge is 2.38. The Morgan fingerprint density at radius 2 is 1.90 bits per heavy atom. The average Bonchev–Trinajstić information content (AvgIpc) is 3.49. The Balaban J connectivity index is 0.000000532. The van der Waals surface area contributed by atoms with Crippen LogP contribution in [0.5, 0.6) is 5.75 Å². The van der Waals surface area contributed by atoms with Gasteiger partial charge in [0.25, 0.3) is 0 Å². The van der Waals surface area contributed by atoms with E-state index in [2.05, 4.69) is 5.32 Å². The van der Waals surface area contributed by atoms with Crippen LogP contribution in [0.25, 0.3) is 10.8 Å². The number of rotatable bonds is 8. The van der Waals surface area contributed by atoms with Gasteiger partial charge in [-0.1, -0.05) is 12.1 Å². The molecule has 1 aromatic heterocycles. The second kappa shape index (κ2) is 12.0. The number of amidine groups is 1. The van der Waals surface area contributed by atoms with Gasteiger partial charge in [-0.05, 0) is 58.5 Å². The van der Waals surface area contributed by atoms with Crippen LogP contribution in [0.15, 0.2) is 52.7 Å². The number of benzene rings is 2. The number of hydrogen-bond acceptors (Lipinski definition) is 8. The van der Waals surface area contributed by atoms with Crippen LogP contribution in [0.1, 0.15) is 16.9 Å². The number of carboxylic acids is 1. The molecule has 0 saturated carbocycles. The number of nitrogens with one attached hydrogen (secondary N) is 2. The molecule has 3 aromatic rings. The van der Waals surface area contributed by atoms with Gasteiger partial charge in [-0.2, -0.15) is 13.2 Å². The lowest BCUT2D eigenvalue weighted by Crippen LogP contribution is -2.40. The van der Waals surface area contributed by atoms with Crippen molar-refractivity contribution in [1.82, 2.24) is 10.2 Å². The van der Waals surface area contributed by atoms with E-state index in [1.54, 1.807) is 42.3 Å². The minimum atomic E-state index is -5.08. The number of carboxylic acid groups (broad SMARTS) is 1. The minimum Gasteiger partial charge on any atom is -0.497 e. The van der Waals surface area contributed by atoms with Crippen molar-refractivity contribution in [3.8, 4) is 5.75 Å². The average molecular weight is 587 g/mol. The zero-order valence-electron chi connectivity index (χ0n) is 20.5. The number of hydrogen-bond donors (Lipinski definition) is 4. The standard InChI is InChI=1S/C22H24N4O4S2.C2HF3O2/c1-30-17-4-2-15-3-5-18(10-16(15)9-17)32(28,29)13-25-19-6-7-26(22(19)27)11-14-8-20(21(23)24)31-12-14;3-2(4,5)1(6)7/h2-5,8-10,12,19,25H,6-7,11,13H2,1H3,(H3,23,24);(H,6,7)/t19-;/m0./s1. The molecular formula is C24H25F3N4O6S2. The third kappa shape index (κ3) is 7.68. The molecule has 210 valence electrons. The van der Waals surface area contributed by atoms with Gasteiger partial charge in [-0.3, -0.25) is 15.5 Å². The molecule has 2 aromatic carbocycles. The summed E-state index contributed by atoms with van der Waals surface area (Å²) in [6.45, 7) is 0.956. The molecule has 15 heteroatoms. The first-order valence-corrected chi connectivity index (χ1v) is 13.8. The SMILES string of the molecule is COc1ccc2ccc(S(=O)(=O)CN[C@H]3CCN(Cc4csc(C(=N)N)c4)C3=O)cc2c1.O=C(O)C(F)(F)F. The molecule has 1 saturated heterocycles. The van der Waals surface area contributed by atoms with Crippen molar-refractivity contribution >= 4 is 49.7 Å². The van der Waals surface area contributed by atoms with Gasteiger partial charge in [0.15, 0.2) is 9.84 Å². The number of likely N-dealkylation sites (tertiary alicyclic amines) is 1. The van der Waals surface area contributed by atoms with Crippen molar-refractivity contribution in [2.75, 3.05) is 19.5 Å². The van der Waals surface area contributed by atoms with E-state index < -0.39 is 28.0 Å². The maximum atomic E-state index is 12.9. The summed E-state index contributed by atoms with van der Waals surface area (Å²) in [4.78, 5) is 24.2. The van der Waals surface area contributed by atoms with Crippen LogP contribution in [0, 0.1) is 5.41 Å². The van der Waals surface area contributed by atoms with E-state index in [0.717, 1.165) is 16.3 Å². The van der Waals surface area contributed by atoms with Crippen LogP contribution in [0.2, 0.25) is 0 Å². The van der Waals surface area contributed by atoms with Gasteiger partial charge in [-0.15, -0.1) is 11.3 Å². The highest BCUT2D eigenvalue weighted by atomic mass is 32.2. The normalized spacial score (nSPS) is 15.6. The van der Waals surface area contributed by atoms with Crippen LogP contribution in [-0.4, -0.2) is 67.9 Å². The molecule has 10 nitrogen and oxygen atoms in total. The lowest BCUT2D eigenvalue weighted by molar-refractivity contribution is -0.192. The summed E-state index contributed by atoms with van der Waals surface area (Å²) in [5.74, 6) is -2.54. The van der Waals surface area contributed by atoms with Crippen molar-refractivity contribution in [3.63, 3.8) is 0 Å². The predicted molar refractivity (Wildman–Crippen MR) is 139 cm³/mol. The largest absolute Gasteiger partial charge is 0.497 e. The molecule has 1 fully saturated rings. The van der Waals surface area contributed by atoms with Crippen molar-refractivity contribution in [2.45, 2.75) is 30.1 Å². The second-order valence-electron chi connectivity index (χ2n) is 8.47. The first kappa shape index (κ1) is 29.9. The fourth-order valence-electron chi connectivity index (χ4n) is 3.72. The van der Waals surface area contributed by atoms with E-state index in [1.165, 1.54) is 11.3 Å². The van der Waals surface area contributed by atoms with Crippen LogP contribution in [0.4, 0.5) is 13.2 Å². The number of thiophene rings is 1. The predicted octanol–water partition coefficient (Wildman–Crippen LogP) is 2.95. The van der Waals surface area contributed by atoms with Crippen molar-refractivity contribution in [1.29, 1.82) is 5.41 Å². The number of nitrogens with zero attached hydrogens (tertiary/aromatic N) is 1. The Morgan fingerprint density at radius 3 is 2.49 bits per heavy atom. The molecule has 0 unspecified atom stereocenters.